The van der Waals surface area contributed by atoms with E-state index in [1.165, 1.54) is 7.11 Å². The fourth-order valence-electron chi connectivity index (χ4n) is 4.66. The topological polar surface area (TPSA) is 111 Å². The first-order valence-electron chi connectivity index (χ1n) is 9.98. The molecule has 3 aromatic rings. The predicted molar refractivity (Wildman–Crippen MR) is 122 cm³/mol. The number of ether oxygens (including phenoxy) is 2. The van der Waals surface area contributed by atoms with Crippen LogP contribution in [0.25, 0.3) is 0 Å². The first-order chi connectivity index (χ1) is 15.8. The highest BCUT2D eigenvalue weighted by Crippen LogP contribution is 2.56. The minimum absolute atomic E-state index is 0.0934. The van der Waals surface area contributed by atoms with Crippen molar-refractivity contribution < 1.29 is 19.1 Å². The molecule has 0 aliphatic carbocycles. The minimum Gasteiger partial charge on any atom is -0.465 e. The van der Waals surface area contributed by atoms with Crippen LogP contribution in [0.3, 0.4) is 0 Å². The van der Waals surface area contributed by atoms with Gasteiger partial charge in [-0.1, -0.05) is 47.5 Å². The molecule has 0 fully saturated rings. The summed E-state index contributed by atoms with van der Waals surface area (Å²) < 4.78 is 10.7. The number of para-hydroxylation sites is 1. The summed E-state index contributed by atoms with van der Waals surface area (Å²) in [5.41, 5.74) is 7.34. The molecule has 3 N–H and O–H groups in total. The number of aryl methyl sites for hydroxylation is 1. The predicted octanol–water partition coefficient (Wildman–Crippen LogP) is 3.59. The van der Waals surface area contributed by atoms with Gasteiger partial charge in [0.05, 0.1) is 19.2 Å². The number of esters is 1. The zero-order chi connectivity index (χ0) is 23.5. The molecule has 1 aromatic heterocycles. The molecular weight excluding hydrogens is 467 g/mol. The number of aromatic nitrogens is 2. The molecule has 33 heavy (non-hydrogen) atoms. The van der Waals surface area contributed by atoms with E-state index in [1.807, 2.05) is 6.07 Å². The van der Waals surface area contributed by atoms with Crippen LogP contribution in [-0.2, 0) is 26.3 Å². The van der Waals surface area contributed by atoms with Crippen LogP contribution in [0.5, 0.6) is 5.88 Å². The van der Waals surface area contributed by atoms with Crippen molar-refractivity contribution in [3.63, 3.8) is 0 Å². The first kappa shape index (κ1) is 21.4. The second kappa shape index (κ2) is 7.54. The molecule has 5 rings (SSSR count). The third kappa shape index (κ3) is 2.87. The molecule has 10 heteroatoms. The number of nitrogens with zero attached hydrogens (tertiary/aromatic N) is 2. The van der Waals surface area contributed by atoms with E-state index in [2.05, 4.69) is 10.2 Å². The number of nitrogens with two attached hydrogens (primary N) is 1. The molecule has 2 aliphatic rings. The van der Waals surface area contributed by atoms with Crippen molar-refractivity contribution in [1.82, 2.24) is 10.2 Å². The summed E-state index contributed by atoms with van der Waals surface area (Å²) in [6, 6.07) is 12.3. The fraction of sp³-hybridized carbons (Fsp3) is 0.174. The Labute approximate surface area is 198 Å². The molecule has 2 aromatic carbocycles. The number of benzene rings is 2. The number of H-pyrrole nitrogens is 1. The third-order valence-electron chi connectivity index (χ3n) is 6.01. The average Bonchev–Trinajstić information content (AvgIpc) is 3.27. The van der Waals surface area contributed by atoms with Gasteiger partial charge in [0.25, 0.3) is 0 Å². The van der Waals surface area contributed by atoms with Crippen LogP contribution < -0.4 is 15.4 Å². The maximum atomic E-state index is 14.4. The lowest BCUT2D eigenvalue weighted by atomic mass is 9.68. The molecule has 0 radical (unpaired) electrons. The van der Waals surface area contributed by atoms with Crippen molar-refractivity contribution in [2.24, 2.45) is 5.73 Å². The molecule has 0 saturated heterocycles. The van der Waals surface area contributed by atoms with Gasteiger partial charge in [0.15, 0.2) is 0 Å². The van der Waals surface area contributed by atoms with E-state index in [-0.39, 0.29) is 23.9 Å². The van der Waals surface area contributed by atoms with Gasteiger partial charge in [0, 0.05) is 27.0 Å². The van der Waals surface area contributed by atoms with E-state index in [9.17, 15) is 9.59 Å². The zero-order valence-electron chi connectivity index (χ0n) is 17.6. The Bertz CT molecular complexity index is 1370. The number of anilines is 1. The summed E-state index contributed by atoms with van der Waals surface area (Å²) in [7, 11) is 1.23. The first-order valence-corrected chi connectivity index (χ1v) is 10.7. The van der Waals surface area contributed by atoms with E-state index in [4.69, 9.17) is 38.4 Å². The summed E-state index contributed by atoms with van der Waals surface area (Å²) in [5.74, 6) is -1.28. The van der Waals surface area contributed by atoms with E-state index < -0.39 is 17.3 Å². The van der Waals surface area contributed by atoms with Crippen molar-refractivity contribution in [2.45, 2.75) is 18.9 Å². The Kier molecular flexibility index (Phi) is 4.88. The molecular formula is C23H18Cl2N4O4. The summed E-state index contributed by atoms with van der Waals surface area (Å²) in [4.78, 5) is 29.0. The Morgan fingerprint density at radius 1 is 1.27 bits per heavy atom. The molecule has 0 bridgehead atoms. The van der Waals surface area contributed by atoms with Gasteiger partial charge in [-0.05, 0) is 30.7 Å². The fourth-order valence-corrected chi connectivity index (χ4v) is 5.12. The van der Waals surface area contributed by atoms with Crippen LogP contribution in [-0.4, -0.2) is 29.2 Å². The largest absolute Gasteiger partial charge is 0.465 e. The van der Waals surface area contributed by atoms with E-state index in [0.29, 0.717) is 38.1 Å². The quantitative estimate of drug-likeness (QED) is 0.549. The average molecular weight is 485 g/mol. The lowest BCUT2D eigenvalue weighted by molar-refractivity contribution is -0.138. The lowest BCUT2D eigenvalue weighted by Gasteiger charge is -2.34. The van der Waals surface area contributed by atoms with E-state index >= 15 is 0 Å². The van der Waals surface area contributed by atoms with Crippen LogP contribution in [0.15, 0.2) is 53.9 Å². The number of nitrogens with one attached hydrogen (secondary N) is 1. The highest BCUT2D eigenvalue weighted by molar-refractivity contribution is 6.35. The molecule has 1 atom stereocenters. The van der Waals surface area contributed by atoms with E-state index in [0.717, 1.165) is 0 Å². The maximum absolute atomic E-state index is 14.4. The van der Waals surface area contributed by atoms with Crippen LogP contribution >= 0.6 is 23.2 Å². The summed E-state index contributed by atoms with van der Waals surface area (Å²) in [6.45, 7) is 1.90. The minimum atomic E-state index is -1.60. The van der Waals surface area contributed by atoms with Crippen LogP contribution in [0.1, 0.15) is 22.4 Å². The molecule has 8 nitrogen and oxygen atoms in total. The molecule has 1 spiro atoms. The van der Waals surface area contributed by atoms with Gasteiger partial charge in [-0.15, -0.1) is 5.10 Å². The Balaban J connectivity index is 1.79. The second-order valence-electron chi connectivity index (χ2n) is 7.76. The number of carbonyl (C=O) groups excluding carboxylic acids is 2. The van der Waals surface area contributed by atoms with Gasteiger partial charge in [-0.2, -0.15) is 0 Å². The monoisotopic (exact) mass is 484 g/mol. The molecule has 3 heterocycles. The maximum Gasteiger partial charge on any atom is 0.340 e. The van der Waals surface area contributed by atoms with Crippen molar-refractivity contribution in [3.05, 3.63) is 86.4 Å². The van der Waals surface area contributed by atoms with Crippen LogP contribution in [0.4, 0.5) is 5.69 Å². The third-order valence-corrected chi connectivity index (χ3v) is 6.60. The van der Waals surface area contributed by atoms with E-state index in [1.54, 1.807) is 48.2 Å². The lowest BCUT2D eigenvalue weighted by Crippen LogP contribution is -2.48. The van der Waals surface area contributed by atoms with Crippen molar-refractivity contribution in [2.75, 3.05) is 12.0 Å². The van der Waals surface area contributed by atoms with Crippen molar-refractivity contribution in [1.29, 1.82) is 0 Å². The second-order valence-corrected chi connectivity index (χ2v) is 8.60. The number of hydrogen-bond acceptors (Lipinski definition) is 6. The molecule has 1 amide bonds. The highest BCUT2D eigenvalue weighted by atomic mass is 35.5. The van der Waals surface area contributed by atoms with Gasteiger partial charge >= 0.3 is 5.97 Å². The smallest absolute Gasteiger partial charge is 0.340 e. The Morgan fingerprint density at radius 2 is 2.03 bits per heavy atom. The number of carbonyl (C=O) groups is 2. The van der Waals surface area contributed by atoms with Crippen molar-refractivity contribution >= 4 is 40.8 Å². The molecule has 1 unspecified atom stereocenters. The standard InChI is InChI=1S/C23H18Cl2N4O4/c1-11-17-20(28-27-11)33-19(26)18(21(30)32-2)23(17)14-5-3-4-6-16(14)29(22(23)31)10-12-7-8-13(24)9-15(12)25/h3-9H,10,26H2,1-2H3,(H,27,28). The number of fused-ring (bicyclic) bond motifs is 4. The zero-order valence-corrected chi connectivity index (χ0v) is 19.1. The number of methoxy groups -OCH3 is 1. The van der Waals surface area contributed by atoms with Crippen molar-refractivity contribution in [3.8, 4) is 5.88 Å². The Morgan fingerprint density at radius 3 is 2.76 bits per heavy atom. The van der Waals surface area contributed by atoms with Crippen LogP contribution in [0, 0.1) is 6.92 Å². The number of hydrogen-bond donors (Lipinski definition) is 2. The number of rotatable bonds is 3. The number of amides is 1. The molecule has 168 valence electrons. The number of halogens is 2. The van der Waals surface area contributed by atoms with Gasteiger partial charge in [-0.25, -0.2) is 4.79 Å². The molecule has 0 saturated carbocycles. The van der Waals surface area contributed by atoms with Gasteiger partial charge in [0.1, 0.15) is 11.0 Å². The van der Waals surface area contributed by atoms with Gasteiger partial charge in [0.2, 0.25) is 17.7 Å². The Hall–Kier alpha value is -3.49. The molecule has 2 aliphatic heterocycles. The summed E-state index contributed by atoms with van der Waals surface area (Å²) in [6.07, 6.45) is 0. The highest BCUT2D eigenvalue weighted by Gasteiger charge is 2.62. The summed E-state index contributed by atoms with van der Waals surface area (Å²) >= 11 is 12.5. The normalized spacial score (nSPS) is 18.9. The SMILES string of the molecule is COC(=O)C1=C(N)Oc2n[nH]c(C)c2C12C(=O)N(Cc1ccc(Cl)cc1Cl)c1ccccc12. The summed E-state index contributed by atoms with van der Waals surface area (Å²) in [5, 5.41) is 7.92. The van der Waals surface area contributed by atoms with Crippen LogP contribution in [0.2, 0.25) is 10.0 Å². The van der Waals surface area contributed by atoms with Gasteiger partial charge in [-0.3, -0.25) is 9.89 Å². The van der Waals surface area contributed by atoms with Gasteiger partial charge < -0.3 is 20.1 Å². The number of aromatic amines is 1.